The topological polar surface area (TPSA) is 71.8 Å². The van der Waals surface area contributed by atoms with Gasteiger partial charge in [-0.2, -0.15) is 5.10 Å². The number of benzene rings is 1. The van der Waals surface area contributed by atoms with Crippen LogP contribution in [0.25, 0.3) is 5.82 Å². The summed E-state index contributed by atoms with van der Waals surface area (Å²) in [7, 11) is 0. The van der Waals surface area contributed by atoms with Gasteiger partial charge in [-0.15, -0.1) is 0 Å². The number of aromatic nitrogens is 3. The van der Waals surface area contributed by atoms with Crippen LogP contribution in [-0.4, -0.2) is 27.2 Å². The summed E-state index contributed by atoms with van der Waals surface area (Å²) in [4.78, 5) is 17.1. The van der Waals surface area contributed by atoms with Crippen LogP contribution in [0, 0.1) is 5.82 Å². The molecule has 0 bridgehead atoms. The average molecular weight is 365 g/mol. The molecule has 2 aromatic heterocycles. The van der Waals surface area contributed by atoms with Crippen molar-refractivity contribution >= 4 is 11.6 Å². The lowest BCUT2D eigenvalue weighted by atomic mass is 9.99. The number of hydrogen-bond acceptors (Lipinski definition) is 4. The van der Waals surface area contributed by atoms with Gasteiger partial charge >= 0.3 is 0 Å². The minimum atomic E-state index is -0.373. The lowest BCUT2D eigenvalue weighted by Crippen LogP contribution is -2.25. The van der Waals surface area contributed by atoms with Crippen molar-refractivity contribution in [2.45, 2.75) is 26.3 Å². The lowest BCUT2D eigenvalue weighted by Gasteiger charge is -2.19. The van der Waals surface area contributed by atoms with E-state index in [1.54, 1.807) is 16.9 Å². The van der Waals surface area contributed by atoms with Crippen molar-refractivity contribution in [1.29, 1.82) is 0 Å². The summed E-state index contributed by atoms with van der Waals surface area (Å²) < 4.78 is 16.5. The maximum Gasteiger partial charge on any atom is 0.259 e. The summed E-state index contributed by atoms with van der Waals surface area (Å²) in [5.74, 6) is -0.0832. The van der Waals surface area contributed by atoms with Gasteiger partial charge in [-0.1, -0.05) is 19.1 Å². The third-order valence-electron chi connectivity index (χ3n) is 4.77. The molecule has 0 saturated heterocycles. The standard InChI is InChI=1S/C20H20FN5O/c1-2-17-15(12-24-26(17)18-5-3-4-9-23-18)20(27)25-16-7-6-13-11-22-10-8-14(13)19(16)21/h3-7,9,12,22H,2,8,10-11H2,1H3,(H,25,27). The van der Waals surface area contributed by atoms with Gasteiger partial charge in [0.2, 0.25) is 0 Å². The Morgan fingerprint density at radius 1 is 1.33 bits per heavy atom. The van der Waals surface area contributed by atoms with E-state index in [-0.39, 0.29) is 17.4 Å². The second-order valence-corrected chi connectivity index (χ2v) is 6.40. The number of carbonyl (C=O) groups is 1. The minimum absolute atomic E-state index is 0.202. The fraction of sp³-hybridized carbons (Fsp3) is 0.250. The number of halogens is 1. The zero-order chi connectivity index (χ0) is 18.8. The Labute approximate surface area is 156 Å². The monoisotopic (exact) mass is 365 g/mol. The Morgan fingerprint density at radius 3 is 3.00 bits per heavy atom. The van der Waals surface area contributed by atoms with E-state index < -0.39 is 0 Å². The molecule has 0 aliphatic carbocycles. The van der Waals surface area contributed by atoms with Crippen LogP contribution in [-0.2, 0) is 19.4 Å². The molecule has 2 N–H and O–H groups in total. The van der Waals surface area contributed by atoms with Crippen LogP contribution in [0.5, 0.6) is 0 Å². The number of amides is 1. The predicted molar refractivity (Wildman–Crippen MR) is 101 cm³/mol. The molecule has 3 heterocycles. The Bertz CT molecular complexity index is 984. The van der Waals surface area contributed by atoms with Crippen molar-refractivity contribution in [2.75, 3.05) is 11.9 Å². The summed E-state index contributed by atoms with van der Waals surface area (Å²) in [6, 6.07) is 8.98. The molecule has 27 heavy (non-hydrogen) atoms. The molecule has 1 amide bonds. The van der Waals surface area contributed by atoms with Crippen molar-refractivity contribution < 1.29 is 9.18 Å². The SMILES string of the molecule is CCc1c(C(=O)Nc2ccc3c(c2F)CCNC3)cnn1-c1ccccn1. The molecule has 0 atom stereocenters. The normalized spacial score (nSPS) is 13.3. The Balaban J connectivity index is 1.64. The predicted octanol–water partition coefficient (Wildman–Crippen LogP) is 2.87. The molecule has 0 radical (unpaired) electrons. The van der Waals surface area contributed by atoms with E-state index in [0.717, 1.165) is 17.8 Å². The summed E-state index contributed by atoms with van der Waals surface area (Å²) in [6.45, 7) is 3.33. The van der Waals surface area contributed by atoms with Crippen LogP contribution < -0.4 is 10.6 Å². The van der Waals surface area contributed by atoms with Gasteiger partial charge in [-0.3, -0.25) is 4.79 Å². The second kappa shape index (κ2) is 7.28. The van der Waals surface area contributed by atoms with Gasteiger partial charge in [0.15, 0.2) is 5.82 Å². The van der Waals surface area contributed by atoms with E-state index in [2.05, 4.69) is 20.7 Å². The molecule has 7 heteroatoms. The highest BCUT2D eigenvalue weighted by Crippen LogP contribution is 2.25. The molecule has 0 spiro atoms. The van der Waals surface area contributed by atoms with Crippen LogP contribution in [0.4, 0.5) is 10.1 Å². The quantitative estimate of drug-likeness (QED) is 0.746. The first kappa shape index (κ1) is 17.4. The van der Waals surface area contributed by atoms with E-state index in [1.165, 1.54) is 6.20 Å². The highest BCUT2D eigenvalue weighted by atomic mass is 19.1. The van der Waals surface area contributed by atoms with Crippen LogP contribution in [0.15, 0.2) is 42.7 Å². The molecular formula is C20H20FN5O. The number of nitrogens with one attached hydrogen (secondary N) is 2. The first-order chi connectivity index (χ1) is 13.2. The van der Waals surface area contributed by atoms with Gasteiger partial charge in [0.1, 0.15) is 5.82 Å². The summed E-state index contributed by atoms with van der Waals surface area (Å²) in [5, 5.41) is 10.2. The fourth-order valence-electron chi connectivity index (χ4n) is 3.40. The second-order valence-electron chi connectivity index (χ2n) is 6.40. The van der Waals surface area contributed by atoms with Gasteiger partial charge in [-0.25, -0.2) is 14.1 Å². The molecule has 0 unspecified atom stereocenters. The number of carbonyl (C=O) groups excluding carboxylic acids is 1. The van der Waals surface area contributed by atoms with Crippen molar-refractivity contribution in [3.63, 3.8) is 0 Å². The van der Waals surface area contributed by atoms with Crippen LogP contribution in [0.2, 0.25) is 0 Å². The highest BCUT2D eigenvalue weighted by molar-refractivity contribution is 6.05. The first-order valence-corrected chi connectivity index (χ1v) is 8.99. The van der Waals surface area contributed by atoms with E-state index >= 15 is 0 Å². The largest absolute Gasteiger partial charge is 0.319 e. The average Bonchev–Trinajstić information content (AvgIpc) is 3.15. The molecule has 138 valence electrons. The van der Waals surface area contributed by atoms with E-state index in [1.807, 2.05) is 31.2 Å². The van der Waals surface area contributed by atoms with Gasteiger partial charge in [0, 0.05) is 12.7 Å². The zero-order valence-electron chi connectivity index (χ0n) is 15.0. The van der Waals surface area contributed by atoms with Crippen LogP contribution in [0.1, 0.15) is 34.1 Å². The number of nitrogens with zero attached hydrogens (tertiary/aromatic N) is 3. The van der Waals surface area contributed by atoms with Crippen LogP contribution in [0.3, 0.4) is 0 Å². The minimum Gasteiger partial charge on any atom is -0.319 e. The molecule has 1 aliphatic rings. The first-order valence-electron chi connectivity index (χ1n) is 8.99. The molecule has 4 rings (SSSR count). The van der Waals surface area contributed by atoms with E-state index in [9.17, 15) is 9.18 Å². The summed E-state index contributed by atoms with van der Waals surface area (Å²) >= 11 is 0. The number of pyridine rings is 1. The number of hydrogen-bond donors (Lipinski definition) is 2. The van der Waals surface area contributed by atoms with Crippen molar-refractivity contribution in [3.8, 4) is 5.82 Å². The van der Waals surface area contributed by atoms with Crippen molar-refractivity contribution in [3.05, 3.63) is 70.9 Å². The third kappa shape index (κ3) is 3.21. The van der Waals surface area contributed by atoms with Gasteiger partial charge in [0.05, 0.1) is 23.1 Å². The highest BCUT2D eigenvalue weighted by Gasteiger charge is 2.21. The fourth-order valence-corrected chi connectivity index (χ4v) is 3.40. The van der Waals surface area contributed by atoms with Gasteiger partial charge in [-0.05, 0) is 48.7 Å². The van der Waals surface area contributed by atoms with E-state index in [0.29, 0.717) is 36.3 Å². The van der Waals surface area contributed by atoms with Gasteiger partial charge in [0.25, 0.3) is 5.91 Å². The molecule has 0 saturated carbocycles. The summed E-state index contributed by atoms with van der Waals surface area (Å²) in [6.07, 6.45) is 4.39. The third-order valence-corrected chi connectivity index (χ3v) is 4.77. The number of fused-ring (bicyclic) bond motifs is 1. The number of rotatable bonds is 4. The molecule has 0 fully saturated rings. The smallest absolute Gasteiger partial charge is 0.259 e. The van der Waals surface area contributed by atoms with Crippen LogP contribution >= 0.6 is 0 Å². The van der Waals surface area contributed by atoms with Crippen molar-refractivity contribution in [2.24, 2.45) is 0 Å². The molecule has 3 aromatic rings. The van der Waals surface area contributed by atoms with Crippen molar-refractivity contribution in [1.82, 2.24) is 20.1 Å². The summed E-state index contributed by atoms with van der Waals surface area (Å²) in [5.41, 5.74) is 2.96. The molecule has 1 aromatic carbocycles. The van der Waals surface area contributed by atoms with Gasteiger partial charge < -0.3 is 10.6 Å². The Hall–Kier alpha value is -3.06. The lowest BCUT2D eigenvalue weighted by molar-refractivity contribution is 0.102. The zero-order valence-corrected chi connectivity index (χ0v) is 15.0. The van der Waals surface area contributed by atoms with E-state index in [4.69, 9.17) is 0 Å². The maximum atomic E-state index is 14.8. The Morgan fingerprint density at radius 2 is 2.22 bits per heavy atom. The number of anilines is 1. The Kier molecular flexibility index (Phi) is 4.68. The molecule has 1 aliphatic heterocycles. The molecule has 6 nitrogen and oxygen atoms in total. The molecular weight excluding hydrogens is 345 g/mol. The maximum absolute atomic E-state index is 14.8.